The summed E-state index contributed by atoms with van der Waals surface area (Å²) < 4.78 is 13.2. The van der Waals surface area contributed by atoms with Gasteiger partial charge in [-0.15, -0.1) is 6.42 Å². The fourth-order valence-corrected chi connectivity index (χ4v) is 1.27. The Bertz CT molecular complexity index is 352. The normalized spacial score (nSPS) is 12.1. The third-order valence-corrected chi connectivity index (χ3v) is 2.10. The molecule has 0 saturated carbocycles. The summed E-state index contributed by atoms with van der Waals surface area (Å²) in [6, 6.07) is 4.88. The first-order valence-electron chi connectivity index (χ1n) is 4.64. The van der Waals surface area contributed by atoms with Crippen molar-refractivity contribution in [2.45, 2.75) is 19.9 Å². The summed E-state index contributed by atoms with van der Waals surface area (Å²) >= 11 is 0. The standard InChI is InChI=1S/C12H14FN/c1-4-12(14-5-2)10-7-6-9(3)11(13)8-10/h1,6-8,12,14H,5H2,2-3H3. The van der Waals surface area contributed by atoms with E-state index >= 15 is 0 Å². The molecule has 1 aromatic rings. The highest BCUT2D eigenvalue weighted by Gasteiger charge is 2.07. The number of rotatable bonds is 3. The largest absolute Gasteiger partial charge is 0.300 e. The lowest BCUT2D eigenvalue weighted by Crippen LogP contribution is -2.19. The minimum absolute atomic E-state index is 0.199. The summed E-state index contributed by atoms with van der Waals surface area (Å²) in [4.78, 5) is 0. The van der Waals surface area contributed by atoms with Crippen LogP contribution in [0.25, 0.3) is 0 Å². The number of hydrogen-bond acceptors (Lipinski definition) is 1. The fourth-order valence-electron chi connectivity index (χ4n) is 1.27. The van der Waals surface area contributed by atoms with Crippen LogP contribution in [0, 0.1) is 25.1 Å². The summed E-state index contributed by atoms with van der Waals surface area (Å²) in [5, 5.41) is 3.09. The molecule has 1 rings (SSSR count). The smallest absolute Gasteiger partial charge is 0.126 e. The van der Waals surface area contributed by atoms with Gasteiger partial charge in [0.05, 0.1) is 6.04 Å². The van der Waals surface area contributed by atoms with E-state index in [1.165, 1.54) is 6.07 Å². The van der Waals surface area contributed by atoms with E-state index in [0.29, 0.717) is 5.56 Å². The maximum Gasteiger partial charge on any atom is 0.126 e. The number of nitrogens with one attached hydrogen (secondary N) is 1. The first kappa shape index (κ1) is 10.7. The molecule has 0 heterocycles. The van der Waals surface area contributed by atoms with Crippen LogP contribution in [-0.4, -0.2) is 6.54 Å². The van der Waals surface area contributed by atoms with Crippen molar-refractivity contribution in [1.29, 1.82) is 0 Å². The molecule has 14 heavy (non-hydrogen) atoms. The van der Waals surface area contributed by atoms with Crippen molar-refractivity contribution in [2.75, 3.05) is 6.54 Å². The van der Waals surface area contributed by atoms with Crippen molar-refractivity contribution in [3.63, 3.8) is 0 Å². The third kappa shape index (κ3) is 2.34. The van der Waals surface area contributed by atoms with E-state index in [0.717, 1.165) is 12.1 Å². The van der Waals surface area contributed by atoms with Crippen LogP contribution in [0.3, 0.4) is 0 Å². The lowest BCUT2D eigenvalue weighted by Gasteiger charge is -2.12. The molecule has 0 aliphatic heterocycles. The lowest BCUT2D eigenvalue weighted by atomic mass is 10.1. The Morgan fingerprint density at radius 3 is 2.79 bits per heavy atom. The van der Waals surface area contributed by atoms with Crippen LogP contribution in [0.1, 0.15) is 24.1 Å². The van der Waals surface area contributed by atoms with Gasteiger partial charge in [0.25, 0.3) is 0 Å². The molecular weight excluding hydrogens is 177 g/mol. The van der Waals surface area contributed by atoms with Crippen LogP contribution in [0.15, 0.2) is 18.2 Å². The maximum atomic E-state index is 13.2. The maximum absolute atomic E-state index is 13.2. The number of aryl methyl sites for hydroxylation is 1. The van der Waals surface area contributed by atoms with Crippen molar-refractivity contribution in [2.24, 2.45) is 0 Å². The van der Waals surface area contributed by atoms with Gasteiger partial charge in [0.1, 0.15) is 5.82 Å². The number of terminal acetylenes is 1. The van der Waals surface area contributed by atoms with Gasteiger partial charge >= 0.3 is 0 Å². The average molecular weight is 191 g/mol. The number of halogens is 1. The zero-order valence-electron chi connectivity index (χ0n) is 8.47. The third-order valence-electron chi connectivity index (χ3n) is 2.10. The summed E-state index contributed by atoms with van der Waals surface area (Å²) in [7, 11) is 0. The van der Waals surface area contributed by atoms with E-state index in [1.807, 2.05) is 13.0 Å². The monoisotopic (exact) mass is 191 g/mol. The molecule has 1 aromatic carbocycles. The highest BCUT2D eigenvalue weighted by molar-refractivity contribution is 5.29. The predicted molar refractivity (Wildman–Crippen MR) is 56.4 cm³/mol. The zero-order chi connectivity index (χ0) is 10.6. The molecule has 0 aliphatic carbocycles. The van der Waals surface area contributed by atoms with Crippen LogP contribution >= 0.6 is 0 Å². The second-order valence-electron chi connectivity index (χ2n) is 3.17. The fraction of sp³-hybridized carbons (Fsp3) is 0.333. The average Bonchev–Trinajstić information content (AvgIpc) is 2.19. The number of benzene rings is 1. The van der Waals surface area contributed by atoms with E-state index < -0.39 is 0 Å². The minimum Gasteiger partial charge on any atom is -0.300 e. The van der Waals surface area contributed by atoms with Gasteiger partial charge in [-0.25, -0.2) is 4.39 Å². The minimum atomic E-state index is -0.208. The van der Waals surface area contributed by atoms with Crippen molar-refractivity contribution < 1.29 is 4.39 Å². The Labute approximate surface area is 84.3 Å². The van der Waals surface area contributed by atoms with Gasteiger partial charge in [0.15, 0.2) is 0 Å². The highest BCUT2D eigenvalue weighted by atomic mass is 19.1. The Morgan fingerprint density at radius 1 is 1.57 bits per heavy atom. The van der Waals surface area contributed by atoms with Crippen LogP contribution in [0.2, 0.25) is 0 Å². The van der Waals surface area contributed by atoms with Gasteiger partial charge in [-0.3, -0.25) is 0 Å². The first-order valence-corrected chi connectivity index (χ1v) is 4.64. The molecule has 1 N–H and O–H groups in total. The molecule has 0 amide bonds. The van der Waals surface area contributed by atoms with Crippen LogP contribution in [-0.2, 0) is 0 Å². The van der Waals surface area contributed by atoms with Gasteiger partial charge in [0.2, 0.25) is 0 Å². The summed E-state index contributed by atoms with van der Waals surface area (Å²) in [6.07, 6.45) is 5.34. The van der Waals surface area contributed by atoms with Gasteiger partial charge in [-0.1, -0.05) is 25.0 Å². The van der Waals surface area contributed by atoms with E-state index in [1.54, 1.807) is 13.0 Å². The Balaban J connectivity index is 2.95. The van der Waals surface area contributed by atoms with Gasteiger partial charge in [0, 0.05) is 0 Å². The number of hydrogen-bond donors (Lipinski definition) is 1. The highest BCUT2D eigenvalue weighted by Crippen LogP contribution is 2.15. The zero-order valence-corrected chi connectivity index (χ0v) is 8.47. The molecule has 0 saturated heterocycles. The SMILES string of the molecule is C#CC(NCC)c1ccc(C)c(F)c1. The van der Waals surface area contributed by atoms with Crippen LogP contribution in [0.4, 0.5) is 4.39 Å². The van der Waals surface area contributed by atoms with E-state index in [2.05, 4.69) is 11.2 Å². The second-order valence-corrected chi connectivity index (χ2v) is 3.17. The topological polar surface area (TPSA) is 12.0 Å². The molecule has 0 fully saturated rings. The van der Waals surface area contributed by atoms with E-state index in [9.17, 15) is 4.39 Å². The van der Waals surface area contributed by atoms with E-state index in [4.69, 9.17) is 6.42 Å². The molecular formula is C12H14FN. The molecule has 0 spiro atoms. The summed E-state index contributed by atoms with van der Waals surface area (Å²) in [5.41, 5.74) is 1.44. The second kappa shape index (κ2) is 4.78. The van der Waals surface area contributed by atoms with E-state index in [-0.39, 0.29) is 11.9 Å². The van der Waals surface area contributed by atoms with Gasteiger partial charge in [-0.05, 0) is 30.7 Å². The molecule has 1 nitrogen and oxygen atoms in total. The Hall–Kier alpha value is -1.33. The van der Waals surface area contributed by atoms with Crippen molar-refractivity contribution in [3.8, 4) is 12.3 Å². The Morgan fingerprint density at radius 2 is 2.29 bits per heavy atom. The van der Waals surface area contributed by atoms with Crippen molar-refractivity contribution >= 4 is 0 Å². The molecule has 74 valence electrons. The van der Waals surface area contributed by atoms with Crippen LogP contribution in [0.5, 0.6) is 0 Å². The molecule has 0 aliphatic rings. The first-order chi connectivity index (χ1) is 6.69. The molecule has 0 aromatic heterocycles. The molecule has 1 atom stereocenters. The molecule has 1 unspecified atom stereocenters. The Kier molecular flexibility index (Phi) is 3.67. The van der Waals surface area contributed by atoms with Gasteiger partial charge in [-0.2, -0.15) is 0 Å². The lowest BCUT2D eigenvalue weighted by molar-refractivity contribution is 0.606. The van der Waals surface area contributed by atoms with Crippen LogP contribution < -0.4 is 5.32 Å². The summed E-state index contributed by atoms with van der Waals surface area (Å²) in [6.45, 7) is 4.47. The van der Waals surface area contributed by atoms with Crippen molar-refractivity contribution in [1.82, 2.24) is 5.32 Å². The van der Waals surface area contributed by atoms with Crippen molar-refractivity contribution in [3.05, 3.63) is 35.1 Å². The molecule has 0 bridgehead atoms. The predicted octanol–water partition coefficient (Wildman–Crippen LogP) is 2.42. The molecule has 2 heteroatoms. The molecule has 0 radical (unpaired) electrons. The quantitative estimate of drug-likeness (QED) is 0.723. The van der Waals surface area contributed by atoms with Gasteiger partial charge < -0.3 is 5.32 Å². The summed E-state index contributed by atoms with van der Waals surface area (Å²) in [5.74, 6) is 2.38.